The van der Waals surface area contributed by atoms with E-state index in [2.05, 4.69) is 30.7 Å². The molecule has 3 N–H and O–H groups in total. The molecule has 1 amide bonds. The van der Waals surface area contributed by atoms with E-state index in [-0.39, 0.29) is 11.7 Å². The Bertz CT molecular complexity index is 541. The van der Waals surface area contributed by atoms with Crippen LogP contribution in [0.2, 0.25) is 0 Å². The van der Waals surface area contributed by atoms with Crippen LogP contribution in [0.5, 0.6) is 0 Å². The van der Waals surface area contributed by atoms with Gasteiger partial charge < -0.3 is 5.32 Å². The zero-order valence-corrected chi connectivity index (χ0v) is 10.6. The smallest absolute Gasteiger partial charge is 0.296 e. The van der Waals surface area contributed by atoms with E-state index in [4.69, 9.17) is 0 Å². The lowest BCUT2D eigenvalue weighted by Crippen LogP contribution is -2.14. The van der Waals surface area contributed by atoms with Gasteiger partial charge in [-0.15, -0.1) is 5.10 Å². The minimum Gasteiger partial charge on any atom is -0.302 e. The largest absolute Gasteiger partial charge is 0.302 e. The second-order valence-electron chi connectivity index (χ2n) is 4.28. The van der Waals surface area contributed by atoms with Gasteiger partial charge in [-0.05, 0) is 5.92 Å². The molecule has 0 saturated carbocycles. The van der Waals surface area contributed by atoms with E-state index >= 15 is 0 Å². The third kappa shape index (κ3) is 2.55. The highest BCUT2D eigenvalue weighted by molar-refractivity contribution is 6.00. The highest BCUT2D eigenvalue weighted by atomic mass is 16.2. The molecule has 96 valence electrons. The first-order valence-electron chi connectivity index (χ1n) is 5.88. The Morgan fingerprint density at radius 2 is 2.17 bits per heavy atom. The number of hydrogen-bond acceptors (Lipinski definition) is 4. The van der Waals surface area contributed by atoms with Crippen molar-refractivity contribution in [3.05, 3.63) is 23.4 Å². The predicted molar refractivity (Wildman–Crippen MR) is 66.4 cm³/mol. The monoisotopic (exact) mass is 248 g/mol. The van der Waals surface area contributed by atoms with Crippen LogP contribution in [0.4, 0.5) is 5.82 Å². The molecule has 7 nitrogen and oxygen atoms in total. The van der Waals surface area contributed by atoms with Crippen molar-refractivity contribution < 1.29 is 4.79 Å². The zero-order chi connectivity index (χ0) is 13.1. The van der Waals surface area contributed by atoms with Crippen LogP contribution in [0.3, 0.4) is 0 Å². The van der Waals surface area contributed by atoms with Gasteiger partial charge >= 0.3 is 0 Å². The Morgan fingerprint density at radius 1 is 1.39 bits per heavy atom. The molecule has 18 heavy (non-hydrogen) atoms. The average molecular weight is 248 g/mol. The van der Waals surface area contributed by atoms with Gasteiger partial charge in [-0.1, -0.05) is 20.8 Å². The summed E-state index contributed by atoms with van der Waals surface area (Å²) in [5.74, 6) is 1.25. The van der Waals surface area contributed by atoms with Gasteiger partial charge in [-0.3, -0.25) is 15.0 Å². The number of aromatic nitrogens is 5. The minimum absolute atomic E-state index is 0.126. The molecule has 7 heteroatoms. The van der Waals surface area contributed by atoms with Crippen molar-refractivity contribution >= 4 is 11.7 Å². The molecule has 0 aliphatic heterocycles. The zero-order valence-electron chi connectivity index (χ0n) is 10.6. The number of anilines is 1. The summed E-state index contributed by atoms with van der Waals surface area (Å²) in [7, 11) is 0. The highest BCUT2D eigenvalue weighted by Crippen LogP contribution is 2.14. The molecule has 0 radical (unpaired) electrons. The Labute approximate surface area is 104 Å². The van der Waals surface area contributed by atoms with Crippen LogP contribution in [0.1, 0.15) is 48.8 Å². The summed E-state index contributed by atoms with van der Waals surface area (Å²) in [4.78, 5) is 15.9. The molecule has 2 rings (SSSR count). The molecule has 0 saturated heterocycles. The minimum atomic E-state index is -0.368. The fraction of sp³-hybridized carbons (Fsp3) is 0.455. The Kier molecular flexibility index (Phi) is 3.40. The van der Waals surface area contributed by atoms with Crippen LogP contribution in [0, 0.1) is 0 Å². The van der Waals surface area contributed by atoms with Crippen LogP contribution < -0.4 is 5.32 Å². The summed E-state index contributed by atoms with van der Waals surface area (Å²) in [6.07, 6.45) is 0.709. The fourth-order valence-electron chi connectivity index (χ4n) is 1.42. The van der Waals surface area contributed by atoms with Gasteiger partial charge in [0.05, 0.1) is 0 Å². The number of aryl methyl sites for hydroxylation is 1. The first kappa shape index (κ1) is 12.3. The van der Waals surface area contributed by atoms with Crippen molar-refractivity contribution in [1.29, 1.82) is 0 Å². The highest BCUT2D eigenvalue weighted by Gasteiger charge is 2.14. The van der Waals surface area contributed by atoms with Gasteiger partial charge in [0, 0.05) is 18.2 Å². The molecule has 2 aromatic heterocycles. The van der Waals surface area contributed by atoms with E-state index in [1.54, 1.807) is 6.07 Å². The molecule has 2 heterocycles. The number of H-pyrrole nitrogens is 2. The van der Waals surface area contributed by atoms with E-state index in [1.807, 2.05) is 20.8 Å². The first-order chi connectivity index (χ1) is 8.60. The summed E-state index contributed by atoms with van der Waals surface area (Å²) in [5, 5.41) is 16.1. The molecule has 0 fully saturated rings. The van der Waals surface area contributed by atoms with Crippen molar-refractivity contribution in [3.63, 3.8) is 0 Å². The molecular weight excluding hydrogens is 232 g/mol. The summed E-state index contributed by atoms with van der Waals surface area (Å²) in [6.45, 7) is 6.02. The molecule has 0 spiro atoms. The van der Waals surface area contributed by atoms with Crippen molar-refractivity contribution in [2.45, 2.75) is 33.1 Å². The molecular formula is C11H16N6O. The average Bonchev–Trinajstić information content (AvgIpc) is 2.96. The number of rotatable bonds is 4. The number of carbonyl (C=O) groups is 1. The standard InChI is InChI=1S/C11H16N6O/c1-4-8-12-10(17-15-8)11(18)13-9-5-7(6(2)3)14-16-9/h5-6H,4H2,1-3H3,(H,12,15,17)(H2,13,14,16,18). The lowest BCUT2D eigenvalue weighted by molar-refractivity contribution is 0.101. The Morgan fingerprint density at radius 3 is 2.72 bits per heavy atom. The summed E-state index contributed by atoms with van der Waals surface area (Å²) >= 11 is 0. The van der Waals surface area contributed by atoms with Gasteiger partial charge in [0.15, 0.2) is 5.82 Å². The summed E-state index contributed by atoms with van der Waals surface area (Å²) < 4.78 is 0. The number of amides is 1. The van der Waals surface area contributed by atoms with Gasteiger partial charge in [-0.2, -0.15) is 5.10 Å². The number of aromatic amines is 2. The van der Waals surface area contributed by atoms with Crippen LogP contribution in [0.15, 0.2) is 6.07 Å². The predicted octanol–water partition coefficient (Wildman–Crippen LogP) is 1.47. The Balaban J connectivity index is 2.06. The molecule has 0 bridgehead atoms. The second kappa shape index (κ2) is 4.99. The van der Waals surface area contributed by atoms with Gasteiger partial charge in [0.25, 0.3) is 5.91 Å². The van der Waals surface area contributed by atoms with Crippen LogP contribution in [0.25, 0.3) is 0 Å². The Hall–Kier alpha value is -2.18. The normalized spacial score (nSPS) is 10.9. The summed E-state index contributed by atoms with van der Waals surface area (Å²) in [5.41, 5.74) is 0.967. The lowest BCUT2D eigenvalue weighted by Gasteiger charge is -1.97. The number of nitrogens with zero attached hydrogens (tertiary/aromatic N) is 3. The van der Waals surface area contributed by atoms with E-state index in [0.717, 1.165) is 5.69 Å². The molecule has 0 unspecified atom stereocenters. The van der Waals surface area contributed by atoms with Gasteiger partial charge in [0.2, 0.25) is 5.82 Å². The number of carbonyl (C=O) groups excluding carboxylic acids is 1. The molecule has 0 aliphatic rings. The molecule has 2 aromatic rings. The molecule has 0 aliphatic carbocycles. The SMILES string of the molecule is CCc1nc(C(=O)Nc2cc(C(C)C)[nH]n2)n[nH]1. The van der Waals surface area contributed by atoms with Crippen molar-refractivity contribution in [3.8, 4) is 0 Å². The topological polar surface area (TPSA) is 99.3 Å². The first-order valence-corrected chi connectivity index (χ1v) is 5.88. The second-order valence-corrected chi connectivity index (χ2v) is 4.28. The van der Waals surface area contributed by atoms with E-state index in [9.17, 15) is 4.79 Å². The number of hydrogen-bond donors (Lipinski definition) is 3. The lowest BCUT2D eigenvalue weighted by atomic mass is 10.1. The quantitative estimate of drug-likeness (QED) is 0.762. The van der Waals surface area contributed by atoms with Crippen LogP contribution in [-0.2, 0) is 6.42 Å². The maximum absolute atomic E-state index is 11.8. The van der Waals surface area contributed by atoms with Crippen molar-refractivity contribution in [1.82, 2.24) is 25.4 Å². The van der Waals surface area contributed by atoms with Crippen LogP contribution >= 0.6 is 0 Å². The van der Waals surface area contributed by atoms with Crippen molar-refractivity contribution in [2.24, 2.45) is 0 Å². The summed E-state index contributed by atoms with van der Waals surface area (Å²) in [6, 6.07) is 1.80. The van der Waals surface area contributed by atoms with Gasteiger partial charge in [-0.25, -0.2) is 4.98 Å². The molecule has 0 aromatic carbocycles. The fourth-order valence-corrected chi connectivity index (χ4v) is 1.42. The van der Waals surface area contributed by atoms with Crippen LogP contribution in [-0.4, -0.2) is 31.3 Å². The van der Waals surface area contributed by atoms with Crippen molar-refractivity contribution in [2.75, 3.05) is 5.32 Å². The van der Waals surface area contributed by atoms with E-state index in [1.165, 1.54) is 0 Å². The van der Waals surface area contributed by atoms with E-state index in [0.29, 0.717) is 24.0 Å². The van der Waals surface area contributed by atoms with Gasteiger partial charge in [0.1, 0.15) is 5.82 Å². The number of nitrogens with one attached hydrogen (secondary N) is 3. The third-order valence-electron chi connectivity index (χ3n) is 2.53. The maximum atomic E-state index is 11.8. The van der Waals surface area contributed by atoms with E-state index < -0.39 is 0 Å². The third-order valence-corrected chi connectivity index (χ3v) is 2.53. The maximum Gasteiger partial charge on any atom is 0.296 e. The molecule has 0 atom stereocenters.